The minimum Gasteiger partial charge on any atom is -0.741 e. The van der Waals surface area contributed by atoms with E-state index in [4.69, 9.17) is 13.0 Å². The third-order valence-corrected chi connectivity index (χ3v) is 7.87. The van der Waals surface area contributed by atoms with E-state index in [9.17, 15) is 13.2 Å². The fraction of sp³-hybridized carbons (Fsp3) is 0.182. The second kappa shape index (κ2) is 10.9. The predicted molar refractivity (Wildman–Crippen MR) is 160 cm³/mol. The summed E-state index contributed by atoms with van der Waals surface area (Å²) < 4.78 is 63.7. The van der Waals surface area contributed by atoms with Gasteiger partial charge in [0.2, 0.25) is 11.0 Å². The lowest BCUT2D eigenvalue weighted by molar-refractivity contribution is -0.640. The van der Waals surface area contributed by atoms with Gasteiger partial charge in [0, 0.05) is 23.5 Å². The van der Waals surface area contributed by atoms with E-state index in [1.54, 1.807) is 0 Å². The maximum absolute atomic E-state index is 10.7. The first-order chi connectivity index (χ1) is 19.8. The number of halogens is 3. The van der Waals surface area contributed by atoms with Crippen LogP contribution in [0.25, 0.3) is 49.5 Å². The quantitative estimate of drug-likeness (QED) is 0.120. The number of nitrogens with zero attached hydrogens (tertiary/aromatic N) is 2. The molecular weight excluding hydrogens is 561 g/mol. The zero-order valence-corrected chi connectivity index (χ0v) is 24.3. The smallest absolute Gasteiger partial charge is 0.485 e. The van der Waals surface area contributed by atoms with Gasteiger partial charge >= 0.3 is 5.51 Å². The van der Waals surface area contributed by atoms with Gasteiger partial charge in [0.1, 0.15) is 6.54 Å². The molecular formula is C33H29F3N2O3S. The first kappa shape index (κ1) is 29.3. The van der Waals surface area contributed by atoms with E-state index in [-0.39, 0.29) is 0 Å². The van der Waals surface area contributed by atoms with E-state index in [1.807, 2.05) is 0 Å². The molecule has 2 aromatic heterocycles. The van der Waals surface area contributed by atoms with Gasteiger partial charge in [-0.2, -0.15) is 17.7 Å². The van der Waals surface area contributed by atoms with Crippen LogP contribution in [0.3, 0.4) is 0 Å². The van der Waals surface area contributed by atoms with E-state index in [0.717, 1.165) is 6.54 Å². The summed E-state index contributed by atoms with van der Waals surface area (Å²) in [6, 6.07) is 31.2. The van der Waals surface area contributed by atoms with Crippen LogP contribution in [0.1, 0.15) is 23.6 Å². The lowest BCUT2D eigenvalue weighted by Crippen LogP contribution is -2.31. The Labute approximate surface area is 242 Å². The van der Waals surface area contributed by atoms with Crippen LogP contribution in [0, 0.1) is 20.8 Å². The van der Waals surface area contributed by atoms with E-state index in [2.05, 4.69) is 128 Å². The summed E-state index contributed by atoms with van der Waals surface area (Å²) in [5.41, 5.74) is 4.54. The Kier molecular flexibility index (Phi) is 7.59. The number of alkyl halides is 3. The monoisotopic (exact) mass is 590 g/mol. The minimum absolute atomic E-state index is 0.956. The van der Waals surface area contributed by atoms with Crippen molar-refractivity contribution in [3.8, 4) is 16.9 Å². The number of fused-ring (bicyclic) bond motifs is 4. The molecule has 0 N–H and O–H groups in total. The fourth-order valence-corrected chi connectivity index (χ4v) is 5.45. The number of rotatable bonds is 3. The van der Waals surface area contributed by atoms with Crippen molar-refractivity contribution in [3.05, 3.63) is 108 Å². The molecule has 9 heteroatoms. The molecule has 0 bridgehead atoms. The summed E-state index contributed by atoms with van der Waals surface area (Å²) in [6.07, 6.45) is 2.31. The van der Waals surface area contributed by atoms with Crippen molar-refractivity contribution in [3.63, 3.8) is 0 Å². The number of hydrogen-bond acceptors (Lipinski definition) is 3. The Morgan fingerprint density at radius 2 is 1.45 bits per heavy atom. The van der Waals surface area contributed by atoms with Crippen LogP contribution in [0.15, 0.2) is 91.1 Å². The Hall–Kier alpha value is -4.21. The molecule has 42 heavy (non-hydrogen) atoms. The maximum atomic E-state index is 10.7. The largest absolute Gasteiger partial charge is 0.741 e. The molecule has 4 aromatic carbocycles. The van der Waals surface area contributed by atoms with Gasteiger partial charge in [0.15, 0.2) is 10.1 Å². The maximum Gasteiger partial charge on any atom is 0.485 e. The molecule has 0 spiro atoms. The normalized spacial score (nSPS) is 12.1. The van der Waals surface area contributed by atoms with E-state index in [1.165, 1.54) is 66.2 Å². The van der Waals surface area contributed by atoms with Crippen molar-refractivity contribution < 1.29 is 30.7 Å². The summed E-state index contributed by atoms with van der Waals surface area (Å²) in [6.45, 7) is 9.77. The summed E-state index contributed by atoms with van der Waals surface area (Å²) in [7, 11) is -6.09. The fourth-order valence-electron chi connectivity index (χ4n) is 5.45. The molecule has 0 aliphatic heterocycles. The Morgan fingerprint density at radius 3 is 2.05 bits per heavy atom. The van der Waals surface area contributed by atoms with Crippen molar-refractivity contribution in [2.45, 2.75) is 39.7 Å². The van der Waals surface area contributed by atoms with Gasteiger partial charge in [-0.15, -0.1) is 0 Å². The molecule has 216 valence electrons. The van der Waals surface area contributed by atoms with Crippen LogP contribution in [0.2, 0.25) is 0 Å². The standard InChI is InChI=1S/C32H29N2.CHF3O3S/c1-5-33-31-19-25-18-30(24-9-7-6-8-10-24)34(27-13-11-21(2)12-14-27)20-26(25)17-28(31)29-16-22(3)15-23(4)32(29)33;2-1(3,4)8(5,6)7/h6-20H,5H2,1-4H3;(H,5,6,7)/q+1;/p-1. The zero-order chi connectivity index (χ0) is 30.4. The zero-order valence-electron chi connectivity index (χ0n) is 23.5. The lowest BCUT2D eigenvalue weighted by Gasteiger charge is -2.16. The SMILES string of the molecule is CC[n+]1c2cc3cc(-c4ccccc4)n(-c4ccc(C)cc4)cc3cc2c2cc(C)cc(C)c21.O=S(=O)([O-])C(F)(F)F. The predicted octanol–water partition coefficient (Wildman–Crippen LogP) is 7.89. The molecule has 0 unspecified atom stereocenters. The third-order valence-electron chi connectivity index (χ3n) is 7.30. The first-order valence-corrected chi connectivity index (χ1v) is 14.8. The average Bonchev–Trinajstić information content (AvgIpc) is 3.24. The van der Waals surface area contributed by atoms with Crippen molar-refractivity contribution >= 4 is 42.7 Å². The Bertz CT molecular complexity index is 2050. The van der Waals surface area contributed by atoms with Crippen molar-refractivity contribution in [1.82, 2.24) is 4.57 Å². The van der Waals surface area contributed by atoms with Gasteiger partial charge in [-0.3, -0.25) is 0 Å². The van der Waals surface area contributed by atoms with Crippen LogP contribution in [0.5, 0.6) is 0 Å². The molecule has 5 nitrogen and oxygen atoms in total. The molecule has 0 atom stereocenters. The highest BCUT2D eigenvalue weighted by atomic mass is 32.2. The van der Waals surface area contributed by atoms with Crippen LogP contribution >= 0.6 is 0 Å². The second-order valence-electron chi connectivity index (χ2n) is 10.4. The Balaban J connectivity index is 0.000000390. The highest BCUT2D eigenvalue weighted by Gasteiger charge is 2.37. The highest BCUT2D eigenvalue weighted by Crippen LogP contribution is 2.34. The van der Waals surface area contributed by atoms with Crippen molar-refractivity contribution in [2.24, 2.45) is 0 Å². The molecule has 0 aliphatic rings. The molecule has 2 heterocycles. The molecule has 0 amide bonds. The van der Waals surface area contributed by atoms with E-state index < -0.39 is 15.6 Å². The van der Waals surface area contributed by atoms with Crippen molar-refractivity contribution in [1.29, 1.82) is 0 Å². The average molecular weight is 591 g/mol. The molecule has 0 saturated carbocycles. The molecule has 0 saturated heterocycles. The number of pyridine rings is 1. The summed E-state index contributed by atoms with van der Waals surface area (Å²) in [4.78, 5) is 0. The van der Waals surface area contributed by atoms with Gasteiger partial charge in [0.05, 0.1) is 16.5 Å². The lowest BCUT2D eigenvalue weighted by atomic mass is 10.0. The summed E-state index contributed by atoms with van der Waals surface area (Å²) in [5.74, 6) is 0. The van der Waals surface area contributed by atoms with E-state index >= 15 is 0 Å². The minimum atomic E-state index is -6.09. The molecule has 0 aliphatic carbocycles. The van der Waals surface area contributed by atoms with Gasteiger partial charge in [-0.1, -0.05) is 48.0 Å². The number of aromatic nitrogens is 2. The molecule has 0 radical (unpaired) electrons. The van der Waals surface area contributed by atoms with Crippen LogP contribution in [0.4, 0.5) is 13.2 Å². The molecule has 6 rings (SSSR count). The number of hydrogen-bond donors (Lipinski definition) is 0. The van der Waals surface area contributed by atoms with Gasteiger partial charge in [-0.25, -0.2) is 8.42 Å². The topological polar surface area (TPSA) is 66.0 Å². The highest BCUT2D eigenvalue weighted by molar-refractivity contribution is 7.86. The van der Waals surface area contributed by atoms with Crippen LogP contribution in [-0.2, 0) is 16.7 Å². The van der Waals surface area contributed by atoms with Gasteiger partial charge in [0.25, 0.3) is 0 Å². The van der Waals surface area contributed by atoms with Gasteiger partial charge in [-0.05, 0) is 86.0 Å². The summed E-state index contributed by atoms with van der Waals surface area (Å²) >= 11 is 0. The summed E-state index contributed by atoms with van der Waals surface area (Å²) in [5, 5.41) is 5.20. The molecule has 6 aromatic rings. The second-order valence-corrected chi connectivity index (χ2v) is 11.7. The number of aryl methyl sites for hydroxylation is 4. The van der Waals surface area contributed by atoms with E-state index in [0.29, 0.717) is 0 Å². The van der Waals surface area contributed by atoms with Crippen LogP contribution < -0.4 is 4.57 Å². The first-order valence-electron chi connectivity index (χ1n) is 13.4. The molecule has 0 fully saturated rings. The Morgan fingerprint density at radius 1 is 0.810 bits per heavy atom. The van der Waals surface area contributed by atoms with Gasteiger partial charge < -0.3 is 9.12 Å². The van der Waals surface area contributed by atoms with Crippen molar-refractivity contribution in [2.75, 3.05) is 0 Å². The third kappa shape index (κ3) is 5.49. The van der Waals surface area contributed by atoms with Crippen LogP contribution in [-0.4, -0.2) is 23.0 Å². The number of benzene rings is 4.